The third-order valence-corrected chi connectivity index (χ3v) is 3.20. The molecular formula is C14H12BrClFNO. The maximum atomic E-state index is 13.3. The van der Waals surface area contributed by atoms with Crippen molar-refractivity contribution in [2.45, 2.75) is 6.42 Å². The minimum atomic E-state index is -0.369. The first kappa shape index (κ1) is 14.3. The fraction of sp³-hybridized carbons (Fsp3) is 0.143. The molecule has 0 aromatic heterocycles. The molecule has 0 heterocycles. The van der Waals surface area contributed by atoms with Crippen LogP contribution >= 0.6 is 27.5 Å². The average molecular weight is 345 g/mol. The Bertz CT molecular complexity index is 571. The van der Waals surface area contributed by atoms with E-state index in [0.29, 0.717) is 34.0 Å². The molecule has 2 N–H and O–H groups in total. The zero-order valence-electron chi connectivity index (χ0n) is 10.00. The summed E-state index contributed by atoms with van der Waals surface area (Å²) in [6.07, 6.45) is 0.670. The van der Waals surface area contributed by atoms with Crippen LogP contribution in [-0.2, 0) is 6.42 Å². The van der Waals surface area contributed by atoms with Crippen molar-refractivity contribution in [1.29, 1.82) is 0 Å². The van der Waals surface area contributed by atoms with Crippen molar-refractivity contribution in [3.8, 4) is 11.5 Å². The standard InChI is InChI=1S/C14H12BrClFNO/c15-10-5-12(17)8-13(6-10)19-14-7-11(16)2-1-9(14)3-4-18/h1-2,5-8H,3-4,18H2. The second kappa shape index (κ2) is 6.37. The van der Waals surface area contributed by atoms with Gasteiger partial charge in [0.05, 0.1) is 0 Å². The lowest BCUT2D eigenvalue weighted by Gasteiger charge is -2.11. The number of benzene rings is 2. The Morgan fingerprint density at radius 3 is 2.68 bits per heavy atom. The third kappa shape index (κ3) is 3.93. The van der Waals surface area contributed by atoms with Gasteiger partial charge in [0.1, 0.15) is 17.3 Å². The van der Waals surface area contributed by atoms with Crippen LogP contribution in [0.5, 0.6) is 11.5 Å². The van der Waals surface area contributed by atoms with Gasteiger partial charge in [-0.15, -0.1) is 0 Å². The first-order valence-corrected chi connectivity index (χ1v) is 6.88. The lowest BCUT2D eigenvalue weighted by Crippen LogP contribution is -2.04. The summed E-state index contributed by atoms with van der Waals surface area (Å²) in [5.41, 5.74) is 6.49. The topological polar surface area (TPSA) is 35.2 Å². The molecule has 100 valence electrons. The molecule has 0 amide bonds. The largest absolute Gasteiger partial charge is 0.457 e. The summed E-state index contributed by atoms with van der Waals surface area (Å²) >= 11 is 9.18. The quantitative estimate of drug-likeness (QED) is 0.884. The van der Waals surface area contributed by atoms with Crippen LogP contribution in [0.2, 0.25) is 5.02 Å². The highest BCUT2D eigenvalue weighted by atomic mass is 79.9. The lowest BCUT2D eigenvalue weighted by atomic mass is 10.1. The molecular weight excluding hydrogens is 333 g/mol. The Balaban J connectivity index is 2.33. The molecule has 2 nitrogen and oxygen atoms in total. The van der Waals surface area contributed by atoms with Crippen molar-refractivity contribution in [3.63, 3.8) is 0 Å². The molecule has 2 aromatic carbocycles. The van der Waals surface area contributed by atoms with Gasteiger partial charge in [-0.05, 0) is 42.8 Å². The Morgan fingerprint density at radius 2 is 2.00 bits per heavy atom. The summed E-state index contributed by atoms with van der Waals surface area (Å²) in [7, 11) is 0. The fourth-order valence-corrected chi connectivity index (χ4v) is 2.31. The number of hydrogen-bond donors (Lipinski definition) is 1. The van der Waals surface area contributed by atoms with Crippen LogP contribution in [0.4, 0.5) is 4.39 Å². The van der Waals surface area contributed by atoms with Gasteiger partial charge in [0, 0.05) is 15.6 Å². The van der Waals surface area contributed by atoms with E-state index >= 15 is 0 Å². The Labute approximate surface area is 124 Å². The molecule has 19 heavy (non-hydrogen) atoms. The summed E-state index contributed by atoms with van der Waals surface area (Å²) in [5.74, 6) is 0.634. The number of halogens is 3. The summed E-state index contributed by atoms with van der Waals surface area (Å²) in [5, 5.41) is 0.561. The predicted octanol–water partition coefficient (Wildman–Crippen LogP) is 4.54. The zero-order chi connectivity index (χ0) is 13.8. The number of hydrogen-bond acceptors (Lipinski definition) is 2. The van der Waals surface area contributed by atoms with E-state index in [-0.39, 0.29) is 5.82 Å². The third-order valence-electron chi connectivity index (χ3n) is 2.51. The summed E-state index contributed by atoms with van der Waals surface area (Å²) < 4.78 is 19.6. The molecule has 2 aromatic rings. The van der Waals surface area contributed by atoms with Crippen molar-refractivity contribution < 1.29 is 9.13 Å². The van der Waals surface area contributed by atoms with Gasteiger partial charge < -0.3 is 10.5 Å². The molecule has 0 unspecified atom stereocenters. The molecule has 0 aliphatic heterocycles. The van der Waals surface area contributed by atoms with E-state index in [1.165, 1.54) is 12.1 Å². The van der Waals surface area contributed by atoms with E-state index in [2.05, 4.69) is 15.9 Å². The molecule has 0 bridgehead atoms. The van der Waals surface area contributed by atoms with E-state index in [4.69, 9.17) is 22.1 Å². The van der Waals surface area contributed by atoms with Crippen molar-refractivity contribution in [2.24, 2.45) is 5.73 Å². The Kier molecular flexibility index (Phi) is 4.80. The van der Waals surface area contributed by atoms with Gasteiger partial charge in [0.15, 0.2) is 0 Å². The monoisotopic (exact) mass is 343 g/mol. The van der Waals surface area contributed by atoms with Crippen molar-refractivity contribution in [1.82, 2.24) is 0 Å². The highest BCUT2D eigenvalue weighted by molar-refractivity contribution is 9.10. The van der Waals surface area contributed by atoms with Crippen LogP contribution in [0.15, 0.2) is 40.9 Å². The second-order valence-corrected chi connectivity index (χ2v) is 5.35. The number of nitrogens with two attached hydrogens (primary N) is 1. The van der Waals surface area contributed by atoms with Gasteiger partial charge >= 0.3 is 0 Å². The van der Waals surface area contributed by atoms with E-state index in [9.17, 15) is 4.39 Å². The molecule has 5 heteroatoms. The van der Waals surface area contributed by atoms with Crippen molar-refractivity contribution >= 4 is 27.5 Å². The molecule has 0 fully saturated rings. The fourth-order valence-electron chi connectivity index (χ4n) is 1.70. The molecule has 0 saturated carbocycles. The Morgan fingerprint density at radius 1 is 1.21 bits per heavy atom. The molecule has 2 rings (SSSR count). The van der Waals surface area contributed by atoms with E-state index < -0.39 is 0 Å². The van der Waals surface area contributed by atoms with Crippen LogP contribution in [0.1, 0.15) is 5.56 Å². The first-order valence-electron chi connectivity index (χ1n) is 5.71. The summed E-state index contributed by atoms with van der Waals surface area (Å²) in [6.45, 7) is 0.505. The number of ether oxygens (including phenoxy) is 1. The van der Waals surface area contributed by atoms with Crippen LogP contribution in [-0.4, -0.2) is 6.54 Å². The van der Waals surface area contributed by atoms with Crippen LogP contribution in [0.25, 0.3) is 0 Å². The molecule has 0 saturated heterocycles. The molecule has 0 atom stereocenters. The normalized spacial score (nSPS) is 10.5. The van der Waals surface area contributed by atoms with Crippen LogP contribution in [0.3, 0.4) is 0 Å². The van der Waals surface area contributed by atoms with Gasteiger partial charge in [-0.2, -0.15) is 0 Å². The molecule has 0 aliphatic carbocycles. The highest BCUT2D eigenvalue weighted by Gasteiger charge is 2.07. The molecule has 0 aliphatic rings. The van der Waals surface area contributed by atoms with Gasteiger partial charge in [-0.3, -0.25) is 0 Å². The minimum absolute atomic E-state index is 0.369. The van der Waals surface area contributed by atoms with Gasteiger partial charge in [-0.1, -0.05) is 33.6 Å². The van der Waals surface area contributed by atoms with Crippen molar-refractivity contribution in [2.75, 3.05) is 6.54 Å². The lowest BCUT2D eigenvalue weighted by molar-refractivity contribution is 0.470. The Hall–Kier alpha value is -1.10. The van der Waals surface area contributed by atoms with Crippen LogP contribution in [0, 0.1) is 5.82 Å². The van der Waals surface area contributed by atoms with E-state index in [1.807, 2.05) is 6.07 Å². The number of rotatable bonds is 4. The van der Waals surface area contributed by atoms with Crippen LogP contribution < -0.4 is 10.5 Å². The van der Waals surface area contributed by atoms with Crippen molar-refractivity contribution in [3.05, 3.63) is 57.3 Å². The summed E-state index contributed by atoms with van der Waals surface area (Å²) in [6, 6.07) is 9.71. The summed E-state index contributed by atoms with van der Waals surface area (Å²) in [4.78, 5) is 0. The SMILES string of the molecule is NCCc1ccc(Cl)cc1Oc1cc(F)cc(Br)c1. The average Bonchev–Trinajstić information content (AvgIpc) is 2.31. The molecule has 0 radical (unpaired) electrons. The maximum Gasteiger partial charge on any atom is 0.132 e. The first-order chi connectivity index (χ1) is 9.08. The van der Waals surface area contributed by atoms with Gasteiger partial charge in [0.2, 0.25) is 0 Å². The highest BCUT2D eigenvalue weighted by Crippen LogP contribution is 2.30. The zero-order valence-corrected chi connectivity index (χ0v) is 12.3. The second-order valence-electron chi connectivity index (χ2n) is 4.00. The van der Waals surface area contributed by atoms with Gasteiger partial charge in [-0.25, -0.2) is 4.39 Å². The van der Waals surface area contributed by atoms with Gasteiger partial charge in [0.25, 0.3) is 0 Å². The minimum Gasteiger partial charge on any atom is -0.457 e. The molecule has 0 spiro atoms. The van der Waals surface area contributed by atoms with E-state index in [1.54, 1.807) is 18.2 Å². The smallest absolute Gasteiger partial charge is 0.132 e. The van der Waals surface area contributed by atoms with E-state index in [0.717, 1.165) is 5.56 Å². The predicted molar refractivity (Wildman–Crippen MR) is 78.4 cm³/mol. The maximum absolute atomic E-state index is 13.3.